The molecule has 1 aromatic rings. The molecule has 1 N–H and O–H groups in total. The van der Waals surface area contributed by atoms with Crippen LogP contribution in [0.15, 0.2) is 0 Å². The van der Waals surface area contributed by atoms with Crippen LogP contribution in [0.5, 0.6) is 0 Å². The van der Waals surface area contributed by atoms with Gasteiger partial charge in [-0.1, -0.05) is 13.8 Å². The maximum Gasteiger partial charge on any atom is 0.109 e. The van der Waals surface area contributed by atoms with E-state index in [0.29, 0.717) is 18.1 Å². The molecule has 0 aromatic carbocycles. The highest BCUT2D eigenvalue weighted by molar-refractivity contribution is 5.22. The van der Waals surface area contributed by atoms with Crippen LogP contribution in [0.1, 0.15) is 49.9 Å². The van der Waals surface area contributed by atoms with Crippen LogP contribution in [0.2, 0.25) is 0 Å². The maximum atomic E-state index is 5.43. The van der Waals surface area contributed by atoms with Gasteiger partial charge in [0.2, 0.25) is 0 Å². The molecule has 19 heavy (non-hydrogen) atoms. The molecule has 1 aromatic heterocycles. The van der Waals surface area contributed by atoms with Crippen LogP contribution in [0, 0.1) is 5.92 Å². The molecular formula is C15H25N3O. The number of imidazole rings is 1. The Labute approximate surface area is 115 Å². The number of hydrogen-bond donors (Lipinski definition) is 1. The van der Waals surface area contributed by atoms with Gasteiger partial charge in [0.25, 0.3) is 0 Å². The number of rotatable bonds is 4. The Kier molecular flexibility index (Phi) is 3.63. The lowest BCUT2D eigenvalue weighted by Crippen LogP contribution is -2.35. The van der Waals surface area contributed by atoms with E-state index >= 15 is 0 Å². The zero-order valence-corrected chi connectivity index (χ0v) is 12.3. The first-order chi connectivity index (χ1) is 9.19. The van der Waals surface area contributed by atoms with Gasteiger partial charge in [-0.15, -0.1) is 0 Å². The lowest BCUT2D eigenvalue weighted by molar-refractivity contribution is 0.00445. The van der Waals surface area contributed by atoms with E-state index in [1.54, 1.807) is 0 Å². The standard InChI is InChI=1S/C15H25N3O/c1-10(2)6-15-17-13-9-16-5-4-14(13)18(15)11-7-12(8-11)19-3/h10-12,16H,4-9H2,1-3H3. The second kappa shape index (κ2) is 5.25. The Hall–Kier alpha value is -0.870. The summed E-state index contributed by atoms with van der Waals surface area (Å²) in [6, 6.07) is 0.619. The van der Waals surface area contributed by atoms with Crippen LogP contribution in [0.4, 0.5) is 0 Å². The second-order valence-electron chi connectivity index (χ2n) is 6.30. The van der Waals surface area contributed by atoms with Crippen LogP contribution in [0.3, 0.4) is 0 Å². The van der Waals surface area contributed by atoms with E-state index in [1.807, 2.05) is 7.11 Å². The van der Waals surface area contributed by atoms with Crippen molar-refractivity contribution in [1.29, 1.82) is 0 Å². The molecule has 1 fully saturated rings. The number of nitrogens with zero attached hydrogens (tertiary/aromatic N) is 2. The van der Waals surface area contributed by atoms with E-state index < -0.39 is 0 Å². The number of fused-ring (bicyclic) bond motifs is 1. The fourth-order valence-electron chi connectivity index (χ4n) is 3.27. The molecule has 2 aliphatic rings. The number of aromatic nitrogens is 2. The van der Waals surface area contributed by atoms with Crippen LogP contribution in [0.25, 0.3) is 0 Å². The van der Waals surface area contributed by atoms with Crippen LogP contribution < -0.4 is 5.32 Å². The van der Waals surface area contributed by atoms with Crippen LogP contribution in [-0.2, 0) is 24.1 Å². The molecule has 0 spiro atoms. The minimum Gasteiger partial charge on any atom is -0.381 e. The van der Waals surface area contributed by atoms with Gasteiger partial charge in [0.15, 0.2) is 0 Å². The molecule has 4 nitrogen and oxygen atoms in total. The van der Waals surface area contributed by atoms with Crippen molar-refractivity contribution < 1.29 is 4.74 Å². The molecule has 0 bridgehead atoms. The van der Waals surface area contributed by atoms with Gasteiger partial charge < -0.3 is 14.6 Å². The number of hydrogen-bond acceptors (Lipinski definition) is 3. The molecule has 0 amide bonds. The number of ether oxygens (including phenoxy) is 1. The Morgan fingerprint density at radius 1 is 1.42 bits per heavy atom. The largest absolute Gasteiger partial charge is 0.381 e. The minimum absolute atomic E-state index is 0.455. The Balaban J connectivity index is 1.88. The molecule has 106 valence electrons. The van der Waals surface area contributed by atoms with Crippen molar-refractivity contribution in [3.8, 4) is 0 Å². The first kappa shape index (κ1) is 13.1. The quantitative estimate of drug-likeness (QED) is 0.904. The third-order valence-corrected chi connectivity index (χ3v) is 4.36. The van der Waals surface area contributed by atoms with Crippen molar-refractivity contribution in [3.05, 3.63) is 17.2 Å². The fourth-order valence-corrected chi connectivity index (χ4v) is 3.27. The van der Waals surface area contributed by atoms with E-state index in [2.05, 4.69) is 23.7 Å². The van der Waals surface area contributed by atoms with Gasteiger partial charge in [0.1, 0.15) is 5.82 Å². The lowest BCUT2D eigenvalue weighted by atomic mass is 9.88. The number of methoxy groups -OCH3 is 1. The fraction of sp³-hybridized carbons (Fsp3) is 0.800. The highest BCUT2D eigenvalue weighted by Crippen LogP contribution is 2.37. The summed E-state index contributed by atoms with van der Waals surface area (Å²) in [7, 11) is 1.82. The Bertz CT molecular complexity index is 446. The summed E-state index contributed by atoms with van der Waals surface area (Å²) in [6.45, 7) is 6.57. The summed E-state index contributed by atoms with van der Waals surface area (Å²) in [6.07, 6.45) is 4.96. The van der Waals surface area contributed by atoms with Crippen molar-refractivity contribution in [2.24, 2.45) is 5.92 Å². The average Bonchev–Trinajstić information content (AvgIpc) is 2.66. The molecule has 1 aliphatic heterocycles. The SMILES string of the molecule is COC1CC(n2c(CC(C)C)nc3c2CCNC3)C1. The number of nitrogens with one attached hydrogen (secondary N) is 1. The summed E-state index contributed by atoms with van der Waals surface area (Å²) in [5, 5.41) is 3.43. The average molecular weight is 263 g/mol. The van der Waals surface area contributed by atoms with Crippen molar-refractivity contribution >= 4 is 0 Å². The maximum absolute atomic E-state index is 5.43. The first-order valence-corrected chi connectivity index (χ1v) is 7.51. The molecule has 0 radical (unpaired) electrons. The zero-order valence-electron chi connectivity index (χ0n) is 12.3. The van der Waals surface area contributed by atoms with Gasteiger partial charge in [0.05, 0.1) is 11.8 Å². The highest BCUT2D eigenvalue weighted by Gasteiger charge is 2.34. The van der Waals surface area contributed by atoms with Gasteiger partial charge in [-0.3, -0.25) is 0 Å². The van der Waals surface area contributed by atoms with E-state index in [-0.39, 0.29) is 0 Å². The van der Waals surface area contributed by atoms with Crippen LogP contribution in [-0.4, -0.2) is 29.3 Å². The predicted molar refractivity (Wildman–Crippen MR) is 75.2 cm³/mol. The van der Waals surface area contributed by atoms with E-state index in [1.165, 1.54) is 17.2 Å². The summed E-state index contributed by atoms with van der Waals surface area (Å²) in [5.74, 6) is 1.96. The smallest absolute Gasteiger partial charge is 0.109 e. The molecule has 4 heteroatoms. The van der Waals surface area contributed by atoms with Crippen molar-refractivity contribution in [2.75, 3.05) is 13.7 Å². The molecule has 0 saturated heterocycles. The summed E-state index contributed by atoms with van der Waals surface area (Å²) < 4.78 is 7.98. The van der Waals surface area contributed by atoms with Crippen molar-refractivity contribution in [1.82, 2.24) is 14.9 Å². The van der Waals surface area contributed by atoms with Gasteiger partial charge >= 0.3 is 0 Å². The monoisotopic (exact) mass is 263 g/mol. The molecule has 0 atom stereocenters. The van der Waals surface area contributed by atoms with Crippen molar-refractivity contribution in [2.45, 2.75) is 58.2 Å². The van der Waals surface area contributed by atoms with E-state index in [9.17, 15) is 0 Å². The normalized spacial score (nSPS) is 26.3. The van der Waals surface area contributed by atoms with E-state index in [0.717, 1.165) is 38.8 Å². The topological polar surface area (TPSA) is 39.1 Å². The van der Waals surface area contributed by atoms with Gasteiger partial charge in [-0.05, 0) is 18.8 Å². The van der Waals surface area contributed by atoms with Gasteiger partial charge in [-0.2, -0.15) is 0 Å². The predicted octanol–water partition coefficient (Wildman–Crippen LogP) is 2.08. The van der Waals surface area contributed by atoms with Crippen LogP contribution >= 0.6 is 0 Å². The second-order valence-corrected chi connectivity index (χ2v) is 6.30. The summed E-state index contributed by atoms with van der Waals surface area (Å²) >= 11 is 0. The third-order valence-electron chi connectivity index (χ3n) is 4.36. The first-order valence-electron chi connectivity index (χ1n) is 7.51. The minimum atomic E-state index is 0.455. The zero-order chi connectivity index (χ0) is 13.4. The Morgan fingerprint density at radius 3 is 2.89 bits per heavy atom. The Morgan fingerprint density at radius 2 is 2.21 bits per heavy atom. The lowest BCUT2D eigenvalue weighted by Gasteiger charge is -2.37. The molecular weight excluding hydrogens is 238 g/mol. The molecule has 2 heterocycles. The van der Waals surface area contributed by atoms with E-state index in [4.69, 9.17) is 9.72 Å². The van der Waals surface area contributed by atoms with Crippen molar-refractivity contribution in [3.63, 3.8) is 0 Å². The molecule has 1 saturated carbocycles. The molecule has 1 aliphatic carbocycles. The van der Waals surface area contributed by atoms with Gasteiger partial charge in [0, 0.05) is 44.8 Å². The summed E-state index contributed by atoms with van der Waals surface area (Å²) in [4.78, 5) is 4.90. The third kappa shape index (κ3) is 2.43. The van der Waals surface area contributed by atoms with Gasteiger partial charge in [-0.25, -0.2) is 4.98 Å². The molecule has 0 unspecified atom stereocenters. The summed E-state index contributed by atoms with van der Waals surface area (Å²) in [5.41, 5.74) is 2.76. The molecule has 3 rings (SSSR count). The highest BCUT2D eigenvalue weighted by atomic mass is 16.5.